The van der Waals surface area contributed by atoms with Gasteiger partial charge in [-0.2, -0.15) is 0 Å². The summed E-state index contributed by atoms with van der Waals surface area (Å²) in [6, 6.07) is 0.779. The van der Waals surface area contributed by atoms with Crippen molar-refractivity contribution in [2.24, 2.45) is 0 Å². The van der Waals surface area contributed by atoms with Gasteiger partial charge in [-0.1, -0.05) is 36.4 Å². The van der Waals surface area contributed by atoms with Crippen molar-refractivity contribution in [1.82, 2.24) is 9.80 Å². The van der Waals surface area contributed by atoms with Crippen LogP contribution in [0.2, 0.25) is 0 Å². The van der Waals surface area contributed by atoms with Crippen LogP contribution in [0.1, 0.15) is 39.5 Å². The Morgan fingerprint density at radius 3 is 2.13 bits per heavy atom. The molecule has 0 heterocycles. The molecule has 1 saturated carbocycles. The third kappa shape index (κ3) is 3.81. The molecule has 2 amide bonds. The van der Waals surface area contributed by atoms with Crippen LogP contribution in [0.5, 0.6) is 0 Å². The molecule has 88 valence electrons. The maximum absolute atomic E-state index is 12.2. The van der Waals surface area contributed by atoms with E-state index < -0.39 is 0 Å². The molecular weight excluding hydrogens is 303 g/mol. The Morgan fingerprint density at radius 2 is 1.80 bits per heavy atom. The van der Waals surface area contributed by atoms with Gasteiger partial charge < -0.3 is 9.80 Å². The molecule has 0 saturated heterocycles. The highest BCUT2D eigenvalue weighted by Crippen LogP contribution is 2.28. The molecule has 0 N–H and O–H groups in total. The number of urea groups is 1. The topological polar surface area (TPSA) is 23.6 Å². The fourth-order valence-electron chi connectivity index (χ4n) is 1.72. The number of amides is 2. The minimum Gasteiger partial charge on any atom is -0.325 e. The van der Waals surface area contributed by atoms with Crippen molar-refractivity contribution < 1.29 is 4.79 Å². The second kappa shape index (κ2) is 6.55. The van der Waals surface area contributed by atoms with Gasteiger partial charge in [0.15, 0.2) is 0 Å². The van der Waals surface area contributed by atoms with E-state index in [2.05, 4.69) is 36.4 Å². The molecular formula is C11H21IN2O. The largest absolute Gasteiger partial charge is 0.325 e. The van der Waals surface area contributed by atoms with E-state index in [1.54, 1.807) is 0 Å². The lowest BCUT2D eigenvalue weighted by Crippen LogP contribution is -2.44. The van der Waals surface area contributed by atoms with Gasteiger partial charge in [0.25, 0.3) is 0 Å². The number of rotatable bonds is 6. The van der Waals surface area contributed by atoms with Crippen LogP contribution in [0.3, 0.4) is 0 Å². The Balaban J connectivity index is 2.51. The summed E-state index contributed by atoms with van der Waals surface area (Å²) in [5, 5.41) is 0. The predicted molar refractivity (Wildman–Crippen MR) is 71.3 cm³/mol. The van der Waals surface area contributed by atoms with Crippen molar-refractivity contribution in [2.45, 2.75) is 45.6 Å². The van der Waals surface area contributed by atoms with Gasteiger partial charge in [-0.25, -0.2) is 4.79 Å². The van der Waals surface area contributed by atoms with Gasteiger partial charge in [-0.3, -0.25) is 0 Å². The SMILES string of the molecule is CCCN(CCC)C(=O)N(CI)C1CC1. The molecule has 1 aliphatic carbocycles. The third-order valence-electron chi connectivity index (χ3n) is 2.62. The lowest BCUT2D eigenvalue weighted by molar-refractivity contribution is 0.159. The van der Waals surface area contributed by atoms with E-state index in [4.69, 9.17) is 0 Å². The Labute approximate surface area is 106 Å². The quantitative estimate of drug-likeness (QED) is 0.418. The highest BCUT2D eigenvalue weighted by Gasteiger charge is 2.33. The molecule has 4 heteroatoms. The van der Waals surface area contributed by atoms with Gasteiger partial charge in [-0.05, 0) is 25.7 Å². The first-order valence-electron chi connectivity index (χ1n) is 5.86. The minimum atomic E-state index is 0.246. The zero-order valence-electron chi connectivity index (χ0n) is 9.71. The van der Waals surface area contributed by atoms with Crippen LogP contribution in [0.15, 0.2) is 0 Å². The second-order valence-corrected chi connectivity index (χ2v) is 4.77. The summed E-state index contributed by atoms with van der Waals surface area (Å²) < 4.78 is 0.825. The molecule has 0 aromatic rings. The van der Waals surface area contributed by atoms with Crippen LogP contribution in [-0.4, -0.2) is 39.5 Å². The van der Waals surface area contributed by atoms with Crippen molar-refractivity contribution in [3.05, 3.63) is 0 Å². The highest BCUT2D eigenvalue weighted by molar-refractivity contribution is 14.1. The number of halogens is 1. The molecule has 1 fully saturated rings. The van der Waals surface area contributed by atoms with Gasteiger partial charge in [0, 0.05) is 19.1 Å². The first kappa shape index (κ1) is 13.1. The average molecular weight is 324 g/mol. The van der Waals surface area contributed by atoms with Crippen LogP contribution in [-0.2, 0) is 0 Å². The first-order chi connectivity index (χ1) is 7.24. The lowest BCUT2D eigenvalue weighted by Gasteiger charge is -2.29. The number of hydrogen-bond acceptors (Lipinski definition) is 1. The van der Waals surface area contributed by atoms with E-state index in [-0.39, 0.29) is 6.03 Å². The molecule has 0 atom stereocenters. The van der Waals surface area contributed by atoms with Crippen molar-refractivity contribution in [3.8, 4) is 0 Å². The third-order valence-corrected chi connectivity index (χ3v) is 3.35. The second-order valence-electron chi connectivity index (χ2n) is 4.09. The number of nitrogens with zero attached hydrogens (tertiary/aromatic N) is 2. The monoisotopic (exact) mass is 324 g/mol. The summed E-state index contributed by atoms with van der Waals surface area (Å²) in [6.07, 6.45) is 4.48. The summed E-state index contributed by atoms with van der Waals surface area (Å²) in [4.78, 5) is 16.2. The molecule has 0 unspecified atom stereocenters. The summed E-state index contributed by atoms with van der Waals surface area (Å²) in [7, 11) is 0. The predicted octanol–water partition coefficient (Wildman–Crippen LogP) is 3.09. The smallest absolute Gasteiger partial charge is 0.320 e. The van der Waals surface area contributed by atoms with Gasteiger partial charge in [0.05, 0.1) is 4.55 Å². The van der Waals surface area contributed by atoms with Crippen LogP contribution < -0.4 is 0 Å². The number of hydrogen-bond donors (Lipinski definition) is 0. The molecule has 3 nitrogen and oxygen atoms in total. The molecule has 0 bridgehead atoms. The standard InChI is InChI=1S/C11H21IN2O/c1-3-7-13(8-4-2)11(15)14(9-12)10-5-6-10/h10H,3-9H2,1-2H3. The molecule has 1 aliphatic rings. The highest BCUT2D eigenvalue weighted by atomic mass is 127. The summed E-state index contributed by atoms with van der Waals surface area (Å²) in [6.45, 7) is 6.04. The summed E-state index contributed by atoms with van der Waals surface area (Å²) >= 11 is 2.29. The van der Waals surface area contributed by atoms with Crippen molar-refractivity contribution in [2.75, 3.05) is 17.6 Å². The van der Waals surface area contributed by atoms with Gasteiger partial charge in [0.2, 0.25) is 0 Å². The fourth-order valence-corrected chi connectivity index (χ4v) is 2.56. The van der Waals surface area contributed by atoms with Crippen LogP contribution in [0.25, 0.3) is 0 Å². The van der Waals surface area contributed by atoms with Crippen molar-refractivity contribution in [1.29, 1.82) is 0 Å². The average Bonchev–Trinajstić information content (AvgIpc) is 3.03. The zero-order chi connectivity index (χ0) is 11.3. The van der Waals surface area contributed by atoms with E-state index in [1.165, 1.54) is 12.8 Å². The molecule has 0 radical (unpaired) electrons. The Morgan fingerprint density at radius 1 is 1.27 bits per heavy atom. The van der Waals surface area contributed by atoms with Crippen LogP contribution in [0, 0.1) is 0 Å². The molecule has 0 aromatic carbocycles. The molecule has 1 rings (SSSR count). The molecule has 0 spiro atoms. The van der Waals surface area contributed by atoms with Crippen LogP contribution in [0.4, 0.5) is 4.79 Å². The number of carbonyl (C=O) groups is 1. The summed E-state index contributed by atoms with van der Waals surface area (Å²) in [5.41, 5.74) is 0. The van der Waals surface area contributed by atoms with Gasteiger partial charge in [-0.15, -0.1) is 0 Å². The number of carbonyl (C=O) groups excluding carboxylic acids is 1. The molecule has 0 aromatic heterocycles. The Hall–Kier alpha value is 0. The van der Waals surface area contributed by atoms with Gasteiger partial charge in [0.1, 0.15) is 0 Å². The Bertz CT molecular complexity index is 201. The van der Waals surface area contributed by atoms with Crippen LogP contribution >= 0.6 is 22.6 Å². The van der Waals surface area contributed by atoms with E-state index >= 15 is 0 Å². The van der Waals surface area contributed by atoms with E-state index in [1.807, 2.05) is 9.80 Å². The van der Waals surface area contributed by atoms with E-state index in [9.17, 15) is 4.79 Å². The maximum atomic E-state index is 12.2. The Kier molecular flexibility index (Phi) is 5.71. The molecule has 15 heavy (non-hydrogen) atoms. The van der Waals surface area contributed by atoms with E-state index in [0.717, 1.165) is 30.5 Å². The minimum absolute atomic E-state index is 0.246. The number of alkyl halides is 1. The van der Waals surface area contributed by atoms with Crippen molar-refractivity contribution >= 4 is 28.6 Å². The fraction of sp³-hybridized carbons (Fsp3) is 0.909. The summed E-state index contributed by atoms with van der Waals surface area (Å²) in [5.74, 6) is 0. The first-order valence-corrected chi connectivity index (χ1v) is 7.38. The zero-order valence-corrected chi connectivity index (χ0v) is 11.9. The molecule has 0 aliphatic heterocycles. The van der Waals surface area contributed by atoms with Gasteiger partial charge >= 0.3 is 6.03 Å². The van der Waals surface area contributed by atoms with E-state index in [0.29, 0.717) is 6.04 Å². The lowest BCUT2D eigenvalue weighted by atomic mass is 10.3. The van der Waals surface area contributed by atoms with Crippen molar-refractivity contribution in [3.63, 3.8) is 0 Å². The maximum Gasteiger partial charge on any atom is 0.320 e. The normalized spacial score (nSPS) is 15.1.